The smallest absolute Gasteiger partial charge is 0.241 e. The van der Waals surface area contributed by atoms with Gasteiger partial charge in [0.05, 0.1) is 11.6 Å². The van der Waals surface area contributed by atoms with Crippen molar-refractivity contribution >= 4 is 22.5 Å². The van der Waals surface area contributed by atoms with E-state index < -0.39 is 6.04 Å². The molecule has 1 saturated heterocycles. The van der Waals surface area contributed by atoms with Gasteiger partial charge >= 0.3 is 0 Å². The first-order valence-electron chi connectivity index (χ1n) is 8.42. The van der Waals surface area contributed by atoms with Gasteiger partial charge in [-0.2, -0.15) is 0 Å². The third-order valence-electron chi connectivity index (χ3n) is 4.58. The minimum atomic E-state index is -0.475. The first kappa shape index (κ1) is 16.0. The topological polar surface area (TPSA) is 69.3 Å². The van der Waals surface area contributed by atoms with E-state index in [2.05, 4.69) is 29.1 Å². The fraction of sp³-hybridized carbons (Fsp3) is 0.500. The average Bonchev–Trinajstić information content (AvgIpc) is 2.98. The van der Waals surface area contributed by atoms with Gasteiger partial charge in [0.2, 0.25) is 5.91 Å². The Labute approximate surface area is 136 Å². The van der Waals surface area contributed by atoms with Gasteiger partial charge < -0.3 is 20.4 Å². The predicted molar refractivity (Wildman–Crippen MR) is 92.4 cm³/mol. The summed E-state index contributed by atoms with van der Waals surface area (Å²) in [6.07, 6.45) is 4.88. The summed E-state index contributed by atoms with van der Waals surface area (Å²) in [5.74, 6) is 0.0984. The van der Waals surface area contributed by atoms with Crippen molar-refractivity contribution in [2.75, 3.05) is 18.5 Å². The second kappa shape index (κ2) is 7.15. The quantitative estimate of drug-likeness (QED) is 0.891. The van der Waals surface area contributed by atoms with E-state index in [1.165, 1.54) is 5.39 Å². The van der Waals surface area contributed by atoms with Gasteiger partial charge in [-0.25, -0.2) is 0 Å². The largest absolute Gasteiger partial charge is 0.381 e. The van der Waals surface area contributed by atoms with Gasteiger partial charge in [0, 0.05) is 31.6 Å². The summed E-state index contributed by atoms with van der Waals surface area (Å²) >= 11 is 0. The van der Waals surface area contributed by atoms with Crippen LogP contribution in [0, 0.1) is 5.92 Å². The van der Waals surface area contributed by atoms with Crippen molar-refractivity contribution in [3.63, 3.8) is 0 Å². The molecule has 0 aliphatic carbocycles. The summed E-state index contributed by atoms with van der Waals surface area (Å²) in [7, 11) is 0. The van der Waals surface area contributed by atoms with Crippen LogP contribution in [0.15, 0.2) is 30.5 Å². The Morgan fingerprint density at radius 3 is 2.91 bits per heavy atom. The Hall–Kier alpha value is -1.85. The van der Waals surface area contributed by atoms with E-state index in [1.807, 2.05) is 18.2 Å². The fourth-order valence-electron chi connectivity index (χ4n) is 3.21. The van der Waals surface area contributed by atoms with Crippen LogP contribution in [0.1, 0.15) is 26.2 Å². The molecule has 1 unspecified atom stereocenters. The van der Waals surface area contributed by atoms with E-state index in [0.717, 1.165) is 37.0 Å². The lowest BCUT2D eigenvalue weighted by Crippen LogP contribution is -2.44. The second-order valence-electron chi connectivity index (χ2n) is 6.25. The number of aromatic nitrogens is 1. The monoisotopic (exact) mass is 315 g/mol. The van der Waals surface area contributed by atoms with E-state index in [-0.39, 0.29) is 11.8 Å². The van der Waals surface area contributed by atoms with Crippen LogP contribution in [0.2, 0.25) is 0 Å². The Kier molecular flexibility index (Phi) is 4.98. The SMILES string of the molecule is CCCn1ccc2ccc(NC(=O)C(N)C3CCOCC3)cc21. The number of carbonyl (C=O) groups excluding carboxylic acids is 1. The molecular formula is C18H25N3O2. The van der Waals surface area contributed by atoms with Gasteiger partial charge in [-0.1, -0.05) is 13.0 Å². The maximum Gasteiger partial charge on any atom is 0.241 e. The maximum atomic E-state index is 12.4. The van der Waals surface area contributed by atoms with Crippen LogP contribution in [0.25, 0.3) is 10.9 Å². The van der Waals surface area contributed by atoms with E-state index in [4.69, 9.17) is 10.5 Å². The summed E-state index contributed by atoms with van der Waals surface area (Å²) in [5.41, 5.74) is 8.09. The Bertz CT molecular complexity index is 674. The number of nitrogens with two attached hydrogens (primary N) is 1. The van der Waals surface area contributed by atoms with Gasteiger partial charge in [0.15, 0.2) is 0 Å². The highest BCUT2D eigenvalue weighted by Crippen LogP contribution is 2.22. The molecule has 2 aromatic rings. The lowest BCUT2D eigenvalue weighted by Gasteiger charge is -2.26. The molecule has 2 heterocycles. The third-order valence-corrected chi connectivity index (χ3v) is 4.58. The highest BCUT2D eigenvalue weighted by molar-refractivity contribution is 5.97. The zero-order chi connectivity index (χ0) is 16.2. The highest BCUT2D eigenvalue weighted by Gasteiger charge is 2.26. The molecule has 0 saturated carbocycles. The fourth-order valence-corrected chi connectivity index (χ4v) is 3.21. The van der Waals surface area contributed by atoms with Crippen LogP contribution in [0.3, 0.4) is 0 Å². The zero-order valence-corrected chi connectivity index (χ0v) is 13.6. The molecule has 1 aliphatic heterocycles. The van der Waals surface area contributed by atoms with Gasteiger partial charge in [0.25, 0.3) is 0 Å². The van der Waals surface area contributed by atoms with Gasteiger partial charge in [-0.05, 0) is 48.8 Å². The summed E-state index contributed by atoms with van der Waals surface area (Å²) < 4.78 is 7.55. The number of nitrogens with zero attached hydrogens (tertiary/aromatic N) is 1. The van der Waals surface area contributed by atoms with Crippen molar-refractivity contribution in [1.29, 1.82) is 0 Å². The summed E-state index contributed by atoms with van der Waals surface area (Å²) in [4.78, 5) is 12.4. The standard InChI is InChI=1S/C18H25N3O2/c1-2-8-21-9-5-13-3-4-15(12-16(13)21)20-18(22)17(19)14-6-10-23-11-7-14/h3-5,9,12,14,17H,2,6-8,10-11,19H2,1H3,(H,20,22). The zero-order valence-electron chi connectivity index (χ0n) is 13.6. The van der Waals surface area contributed by atoms with Gasteiger partial charge in [-0.15, -0.1) is 0 Å². The molecule has 3 N–H and O–H groups in total. The molecule has 1 aromatic carbocycles. The minimum Gasteiger partial charge on any atom is -0.381 e. The lowest BCUT2D eigenvalue weighted by atomic mass is 9.92. The van der Waals surface area contributed by atoms with Crippen molar-refractivity contribution in [2.24, 2.45) is 11.7 Å². The summed E-state index contributed by atoms with van der Waals surface area (Å²) in [5, 5.41) is 4.16. The van der Waals surface area contributed by atoms with Crippen molar-refractivity contribution in [3.05, 3.63) is 30.5 Å². The molecule has 0 spiro atoms. The number of nitrogens with one attached hydrogen (secondary N) is 1. The maximum absolute atomic E-state index is 12.4. The van der Waals surface area contributed by atoms with E-state index in [0.29, 0.717) is 13.2 Å². The molecule has 1 aliphatic rings. The number of fused-ring (bicyclic) bond motifs is 1. The first-order chi connectivity index (χ1) is 11.2. The Morgan fingerprint density at radius 2 is 2.17 bits per heavy atom. The molecular weight excluding hydrogens is 290 g/mol. The van der Waals surface area contributed by atoms with Crippen molar-refractivity contribution in [1.82, 2.24) is 4.57 Å². The minimum absolute atomic E-state index is 0.107. The van der Waals surface area contributed by atoms with Crippen LogP contribution < -0.4 is 11.1 Å². The molecule has 3 rings (SSSR count). The lowest BCUT2D eigenvalue weighted by molar-refractivity contribution is -0.119. The van der Waals surface area contributed by atoms with Gasteiger partial charge in [0.1, 0.15) is 0 Å². The van der Waals surface area contributed by atoms with E-state index >= 15 is 0 Å². The number of carbonyl (C=O) groups is 1. The number of aryl methyl sites for hydroxylation is 1. The molecule has 5 heteroatoms. The van der Waals surface area contributed by atoms with Gasteiger partial charge in [-0.3, -0.25) is 4.79 Å². The van der Waals surface area contributed by atoms with Crippen molar-refractivity contribution < 1.29 is 9.53 Å². The number of hydrogen-bond acceptors (Lipinski definition) is 3. The number of amides is 1. The Balaban J connectivity index is 1.72. The Morgan fingerprint density at radius 1 is 1.39 bits per heavy atom. The molecule has 5 nitrogen and oxygen atoms in total. The molecule has 124 valence electrons. The van der Waals surface area contributed by atoms with Crippen LogP contribution >= 0.6 is 0 Å². The molecule has 1 atom stereocenters. The molecule has 1 aromatic heterocycles. The van der Waals surface area contributed by atoms with Crippen molar-refractivity contribution in [3.8, 4) is 0 Å². The van der Waals surface area contributed by atoms with Crippen LogP contribution in [0.5, 0.6) is 0 Å². The van der Waals surface area contributed by atoms with Crippen LogP contribution in [0.4, 0.5) is 5.69 Å². The second-order valence-corrected chi connectivity index (χ2v) is 6.25. The van der Waals surface area contributed by atoms with Crippen LogP contribution in [-0.4, -0.2) is 29.7 Å². The summed E-state index contributed by atoms with van der Waals surface area (Å²) in [6, 6.07) is 7.63. The average molecular weight is 315 g/mol. The molecule has 1 fully saturated rings. The molecule has 1 amide bonds. The molecule has 0 bridgehead atoms. The highest BCUT2D eigenvalue weighted by atomic mass is 16.5. The third kappa shape index (κ3) is 3.57. The number of anilines is 1. The normalized spacial score (nSPS) is 17.3. The molecule has 0 radical (unpaired) electrons. The molecule has 23 heavy (non-hydrogen) atoms. The van der Waals surface area contributed by atoms with E-state index in [1.54, 1.807) is 0 Å². The van der Waals surface area contributed by atoms with Crippen molar-refractivity contribution in [2.45, 2.75) is 38.8 Å². The number of ether oxygens (including phenoxy) is 1. The van der Waals surface area contributed by atoms with Crippen LogP contribution in [-0.2, 0) is 16.1 Å². The summed E-state index contributed by atoms with van der Waals surface area (Å²) in [6.45, 7) is 4.52. The predicted octanol–water partition coefficient (Wildman–Crippen LogP) is 2.74. The van der Waals surface area contributed by atoms with E-state index in [9.17, 15) is 4.79 Å². The number of rotatable bonds is 5. The number of benzene rings is 1. The first-order valence-corrected chi connectivity index (χ1v) is 8.42. The number of hydrogen-bond donors (Lipinski definition) is 2.